The Labute approximate surface area is 93.6 Å². The molecule has 0 aliphatic rings. The van der Waals surface area contributed by atoms with Crippen LogP contribution in [0.2, 0.25) is 0 Å². The summed E-state index contributed by atoms with van der Waals surface area (Å²) < 4.78 is 5.19. The highest BCUT2D eigenvalue weighted by molar-refractivity contribution is 9.10. The van der Waals surface area contributed by atoms with Gasteiger partial charge in [0.05, 0.1) is 6.20 Å². The average molecular weight is 268 g/mol. The molecule has 5 nitrogen and oxygen atoms in total. The third-order valence-electron chi connectivity index (χ3n) is 1.64. The minimum absolute atomic E-state index is 0.306. The van der Waals surface area contributed by atoms with Gasteiger partial charge in [-0.2, -0.15) is 0 Å². The number of aromatic nitrogens is 2. The highest BCUT2D eigenvalue weighted by Crippen LogP contribution is 2.09. The molecule has 1 amide bonds. The molecule has 2 aromatic heterocycles. The SMILES string of the molecule is O=C(Nc1cnoc1)c1cccc(Br)n1. The molecule has 1 N–H and O–H groups in total. The minimum Gasteiger partial charge on any atom is -0.363 e. The maximum atomic E-state index is 11.6. The second kappa shape index (κ2) is 4.22. The highest BCUT2D eigenvalue weighted by Gasteiger charge is 2.08. The monoisotopic (exact) mass is 267 g/mol. The van der Waals surface area contributed by atoms with Gasteiger partial charge in [-0.05, 0) is 28.1 Å². The lowest BCUT2D eigenvalue weighted by atomic mass is 10.3. The van der Waals surface area contributed by atoms with Crippen molar-refractivity contribution in [3.8, 4) is 0 Å². The molecular formula is C9H6BrN3O2. The Kier molecular flexibility index (Phi) is 2.77. The van der Waals surface area contributed by atoms with Crippen LogP contribution >= 0.6 is 15.9 Å². The zero-order chi connectivity index (χ0) is 10.7. The maximum absolute atomic E-state index is 11.6. The van der Waals surface area contributed by atoms with Crippen molar-refractivity contribution in [2.75, 3.05) is 5.32 Å². The standard InChI is InChI=1S/C9H6BrN3O2/c10-8-3-1-2-7(13-8)9(14)12-6-4-11-15-5-6/h1-5H,(H,12,14). The molecule has 2 aromatic rings. The van der Waals surface area contributed by atoms with Crippen LogP contribution in [-0.2, 0) is 0 Å². The number of amides is 1. The first-order valence-electron chi connectivity index (χ1n) is 4.09. The second-order valence-corrected chi connectivity index (χ2v) is 3.53. The number of carbonyl (C=O) groups is 1. The Morgan fingerprint density at radius 1 is 1.47 bits per heavy atom. The maximum Gasteiger partial charge on any atom is 0.274 e. The van der Waals surface area contributed by atoms with E-state index in [1.807, 2.05) is 0 Å². The molecule has 0 fully saturated rings. The Morgan fingerprint density at radius 2 is 2.33 bits per heavy atom. The molecule has 0 bridgehead atoms. The van der Waals surface area contributed by atoms with E-state index in [1.165, 1.54) is 12.5 Å². The molecule has 76 valence electrons. The largest absolute Gasteiger partial charge is 0.363 e. The Hall–Kier alpha value is -1.69. The topological polar surface area (TPSA) is 68.0 Å². The lowest BCUT2D eigenvalue weighted by molar-refractivity contribution is 0.102. The van der Waals surface area contributed by atoms with Gasteiger partial charge in [-0.15, -0.1) is 0 Å². The zero-order valence-electron chi connectivity index (χ0n) is 7.48. The second-order valence-electron chi connectivity index (χ2n) is 2.71. The van der Waals surface area contributed by atoms with Crippen LogP contribution in [0.15, 0.2) is 39.8 Å². The molecule has 0 aliphatic heterocycles. The summed E-state index contributed by atoms with van der Waals surface area (Å²) in [6.07, 6.45) is 2.76. The molecule has 0 saturated heterocycles. The van der Waals surface area contributed by atoms with Gasteiger partial charge in [0, 0.05) is 0 Å². The molecule has 0 atom stereocenters. The molecule has 0 spiro atoms. The molecule has 0 aromatic carbocycles. The Bertz CT molecular complexity index is 470. The highest BCUT2D eigenvalue weighted by atomic mass is 79.9. The molecule has 15 heavy (non-hydrogen) atoms. The third-order valence-corrected chi connectivity index (χ3v) is 2.08. The van der Waals surface area contributed by atoms with Crippen LogP contribution in [0, 0.1) is 0 Å². The van der Waals surface area contributed by atoms with E-state index in [4.69, 9.17) is 0 Å². The van der Waals surface area contributed by atoms with Crippen molar-refractivity contribution in [3.63, 3.8) is 0 Å². The number of rotatable bonds is 2. The number of halogens is 1. The van der Waals surface area contributed by atoms with Gasteiger partial charge < -0.3 is 9.84 Å². The van der Waals surface area contributed by atoms with Crippen molar-refractivity contribution < 1.29 is 9.32 Å². The zero-order valence-corrected chi connectivity index (χ0v) is 9.06. The van der Waals surface area contributed by atoms with E-state index in [2.05, 4.69) is 35.9 Å². The lowest BCUT2D eigenvalue weighted by Gasteiger charge is -2.00. The van der Waals surface area contributed by atoms with Crippen LogP contribution in [0.5, 0.6) is 0 Å². The first kappa shape index (κ1) is 9.85. The summed E-state index contributed by atoms with van der Waals surface area (Å²) in [7, 11) is 0. The van der Waals surface area contributed by atoms with Crippen molar-refractivity contribution in [2.45, 2.75) is 0 Å². The minimum atomic E-state index is -0.306. The number of hydrogen-bond acceptors (Lipinski definition) is 4. The van der Waals surface area contributed by atoms with Gasteiger partial charge in [-0.1, -0.05) is 11.2 Å². The summed E-state index contributed by atoms with van der Waals surface area (Å²) in [6, 6.07) is 5.10. The number of pyridine rings is 1. The van der Waals surface area contributed by atoms with Gasteiger partial charge in [-0.3, -0.25) is 4.79 Å². The van der Waals surface area contributed by atoms with E-state index in [1.54, 1.807) is 18.2 Å². The van der Waals surface area contributed by atoms with Crippen LogP contribution in [0.1, 0.15) is 10.5 Å². The van der Waals surface area contributed by atoms with E-state index < -0.39 is 0 Å². The molecule has 6 heteroatoms. The van der Waals surface area contributed by atoms with Crippen LogP contribution in [0.3, 0.4) is 0 Å². The van der Waals surface area contributed by atoms with Crippen molar-refractivity contribution in [1.29, 1.82) is 0 Å². The summed E-state index contributed by atoms with van der Waals surface area (Å²) in [4.78, 5) is 15.6. The number of nitrogens with one attached hydrogen (secondary N) is 1. The fraction of sp³-hybridized carbons (Fsp3) is 0. The normalized spacial score (nSPS) is 9.93. The number of anilines is 1. The molecular weight excluding hydrogens is 262 g/mol. The molecule has 0 unspecified atom stereocenters. The quantitative estimate of drug-likeness (QED) is 0.847. The van der Waals surface area contributed by atoms with Crippen molar-refractivity contribution in [3.05, 3.63) is 41.0 Å². The van der Waals surface area contributed by atoms with E-state index in [0.717, 1.165) is 0 Å². The molecule has 0 radical (unpaired) electrons. The summed E-state index contributed by atoms with van der Waals surface area (Å²) in [6.45, 7) is 0. The van der Waals surface area contributed by atoms with Crippen molar-refractivity contribution in [2.24, 2.45) is 0 Å². The first-order valence-corrected chi connectivity index (χ1v) is 4.88. The van der Waals surface area contributed by atoms with Gasteiger partial charge >= 0.3 is 0 Å². The van der Waals surface area contributed by atoms with Gasteiger partial charge in [0.25, 0.3) is 5.91 Å². The molecule has 2 rings (SSSR count). The van der Waals surface area contributed by atoms with E-state index in [-0.39, 0.29) is 5.91 Å². The lowest BCUT2D eigenvalue weighted by Crippen LogP contribution is -2.13. The summed E-state index contributed by atoms with van der Waals surface area (Å²) >= 11 is 3.19. The van der Waals surface area contributed by atoms with Gasteiger partial charge in [-0.25, -0.2) is 4.98 Å². The first-order chi connectivity index (χ1) is 7.25. The fourth-order valence-electron chi connectivity index (χ4n) is 0.996. The smallest absolute Gasteiger partial charge is 0.274 e. The summed E-state index contributed by atoms with van der Waals surface area (Å²) in [5.74, 6) is -0.306. The van der Waals surface area contributed by atoms with Crippen molar-refractivity contribution in [1.82, 2.24) is 10.1 Å². The number of hydrogen-bond donors (Lipinski definition) is 1. The van der Waals surface area contributed by atoms with E-state index in [0.29, 0.717) is 16.0 Å². The predicted octanol–water partition coefficient (Wildman–Crippen LogP) is 2.08. The predicted molar refractivity (Wildman–Crippen MR) is 56.4 cm³/mol. The van der Waals surface area contributed by atoms with E-state index >= 15 is 0 Å². The Balaban J connectivity index is 2.15. The molecule has 2 heterocycles. The van der Waals surface area contributed by atoms with E-state index in [9.17, 15) is 4.79 Å². The van der Waals surface area contributed by atoms with Crippen LogP contribution in [0.4, 0.5) is 5.69 Å². The summed E-state index contributed by atoms with van der Waals surface area (Å²) in [5.41, 5.74) is 0.826. The van der Waals surface area contributed by atoms with Gasteiger partial charge in [0.2, 0.25) is 0 Å². The Morgan fingerprint density at radius 3 is 3.00 bits per heavy atom. The number of nitrogens with zero attached hydrogens (tertiary/aromatic N) is 2. The van der Waals surface area contributed by atoms with Crippen molar-refractivity contribution >= 4 is 27.5 Å². The summed E-state index contributed by atoms with van der Waals surface area (Å²) in [5, 5.41) is 6.05. The molecule has 0 saturated carbocycles. The van der Waals surface area contributed by atoms with Crippen LogP contribution in [-0.4, -0.2) is 16.0 Å². The average Bonchev–Trinajstić information content (AvgIpc) is 2.70. The number of carbonyl (C=O) groups excluding carboxylic acids is 1. The third kappa shape index (κ3) is 2.41. The fourth-order valence-corrected chi connectivity index (χ4v) is 1.34. The van der Waals surface area contributed by atoms with Gasteiger partial charge in [0.1, 0.15) is 22.2 Å². The van der Waals surface area contributed by atoms with Crippen LogP contribution < -0.4 is 5.32 Å². The molecule has 0 aliphatic carbocycles. The van der Waals surface area contributed by atoms with Gasteiger partial charge in [0.15, 0.2) is 0 Å². The van der Waals surface area contributed by atoms with Crippen LogP contribution in [0.25, 0.3) is 0 Å².